The van der Waals surface area contributed by atoms with E-state index in [4.69, 9.17) is 5.73 Å². The summed E-state index contributed by atoms with van der Waals surface area (Å²) in [7, 11) is -3.77. The lowest BCUT2D eigenvalue weighted by molar-refractivity contribution is 0.592. The number of sulfone groups is 1. The molecule has 0 amide bonds. The fraction of sp³-hybridized carbons (Fsp3) is 0.0500. The highest BCUT2D eigenvalue weighted by Gasteiger charge is 2.19. The van der Waals surface area contributed by atoms with Gasteiger partial charge in [-0.25, -0.2) is 18.1 Å². The van der Waals surface area contributed by atoms with E-state index < -0.39 is 9.84 Å². The van der Waals surface area contributed by atoms with Crippen LogP contribution in [0.4, 0.5) is 5.69 Å². The molecule has 140 valence electrons. The molecule has 28 heavy (non-hydrogen) atoms. The number of benzene rings is 2. The predicted molar refractivity (Wildman–Crippen MR) is 106 cm³/mol. The lowest BCUT2D eigenvalue weighted by Crippen LogP contribution is -2.23. The van der Waals surface area contributed by atoms with Gasteiger partial charge in [0.15, 0.2) is 5.03 Å². The Morgan fingerprint density at radius 2 is 1.86 bits per heavy atom. The Kier molecular flexibility index (Phi) is 4.40. The number of nitrogens with zero attached hydrogens (tertiary/aromatic N) is 3. The van der Waals surface area contributed by atoms with Gasteiger partial charge in [-0.1, -0.05) is 18.2 Å². The van der Waals surface area contributed by atoms with Crippen molar-refractivity contribution in [3.8, 4) is 0 Å². The van der Waals surface area contributed by atoms with Gasteiger partial charge in [0.2, 0.25) is 9.84 Å². The summed E-state index contributed by atoms with van der Waals surface area (Å²) in [5.41, 5.74) is 6.93. The SMILES string of the molecule is Nc1cccc(Cn2ncc3cc(S(=O)(=O)c4ccccn4)ccc3c2=O)c1. The normalized spacial score (nSPS) is 11.6. The van der Waals surface area contributed by atoms with Crippen molar-refractivity contribution >= 4 is 26.3 Å². The summed E-state index contributed by atoms with van der Waals surface area (Å²) in [5, 5.41) is 4.97. The molecule has 0 saturated heterocycles. The molecule has 2 aromatic heterocycles. The number of hydrogen-bond donors (Lipinski definition) is 1. The molecule has 0 aliphatic carbocycles. The number of nitrogen functional groups attached to an aromatic ring is 1. The molecule has 0 radical (unpaired) electrons. The summed E-state index contributed by atoms with van der Waals surface area (Å²) in [6, 6.07) is 16.3. The van der Waals surface area contributed by atoms with E-state index in [0.717, 1.165) is 5.56 Å². The maximum atomic E-state index is 12.8. The van der Waals surface area contributed by atoms with E-state index in [2.05, 4.69) is 10.1 Å². The van der Waals surface area contributed by atoms with E-state index in [1.54, 1.807) is 24.3 Å². The zero-order chi connectivity index (χ0) is 19.7. The average molecular weight is 392 g/mol. The van der Waals surface area contributed by atoms with Crippen molar-refractivity contribution in [2.75, 3.05) is 5.73 Å². The zero-order valence-electron chi connectivity index (χ0n) is 14.7. The van der Waals surface area contributed by atoms with Crippen LogP contribution >= 0.6 is 0 Å². The Morgan fingerprint density at radius 3 is 2.61 bits per heavy atom. The standard InChI is InChI=1S/C20H16N4O3S/c21-16-5-3-4-14(10-16)13-24-20(25)18-8-7-17(11-15(18)12-23-24)28(26,27)19-6-1-2-9-22-19/h1-12H,13,21H2. The average Bonchev–Trinajstić information content (AvgIpc) is 2.70. The lowest BCUT2D eigenvalue weighted by atomic mass is 10.2. The third-order valence-corrected chi connectivity index (χ3v) is 6.00. The number of aromatic nitrogens is 3. The van der Waals surface area contributed by atoms with Gasteiger partial charge < -0.3 is 5.73 Å². The van der Waals surface area contributed by atoms with Crippen LogP contribution in [0.15, 0.2) is 87.8 Å². The molecule has 2 heterocycles. The Hall–Kier alpha value is -3.52. The maximum absolute atomic E-state index is 12.8. The quantitative estimate of drug-likeness (QED) is 0.534. The number of nitrogens with two attached hydrogens (primary N) is 1. The van der Waals surface area contributed by atoms with Crippen LogP contribution in [0.25, 0.3) is 10.8 Å². The fourth-order valence-corrected chi connectivity index (χ4v) is 4.16. The monoisotopic (exact) mass is 392 g/mol. The number of pyridine rings is 1. The molecular formula is C20H16N4O3S. The van der Waals surface area contributed by atoms with E-state index in [1.807, 2.05) is 12.1 Å². The van der Waals surface area contributed by atoms with Crippen molar-refractivity contribution in [3.05, 3.63) is 89.0 Å². The number of rotatable bonds is 4. The van der Waals surface area contributed by atoms with Crippen molar-refractivity contribution in [2.24, 2.45) is 0 Å². The smallest absolute Gasteiger partial charge is 0.274 e. The van der Waals surface area contributed by atoms with Gasteiger partial charge in [-0.2, -0.15) is 5.10 Å². The Labute approximate surface area is 161 Å². The van der Waals surface area contributed by atoms with Crippen molar-refractivity contribution < 1.29 is 8.42 Å². The second-order valence-corrected chi connectivity index (χ2v) is 8.17. The third kappa shape index (κ3) is 3.25. The van der Waals surface area contributed by atoms with Crippen LogP contribution in [-0.4, -0.2) is 23.2 Å². The first kappa shape index (κ1) is 17.9. The molecule has 0 unspecified atom stereocenters. The molecule has 0 aliphatic rings. The lowest BCUT2D eigenvalue weighted by Gasteiger charge is -2.08. The van der Waals surface area contributed by atoms with Gasteiger partial charge in [0, 0.05) is 17.3 Å². The Bertz CT molecular complexity index is 1330. The van der Waals surface area contributed by atoms with Crippen molar-refractivity contribution in [1.82, 2.24) is 14.8 Å². The van der Waals surface area contributed by atoms with Gasteiger partial charge in [-0.05, 0) is 48.0 Å². The topological polar surface area (TPSA) is 108 Å². The molecule has 4 aromatic rings. The van der Waals surface area contributed by atoms with Crippen LogP contribution in [0.1, 0.15) is 5.56 Å². The first-order valence-corrected chi connectivity index (χ1v) is 9.94. The maximum Gasteiger partial charge on any atom is 0.274 e. The first-order valence-electron chi connectivity index (χ1n) is 8.45. The summed E-state index contributed by atoms with van der Waals surface area (Å²) < 4.78 is 26.8. The van der Waals surface area contributed by atoms with E-state index in [1.165, 1.54) is 41.3 Å². The van der Waals surface area contributed by atoms with Gasteiger partial charge in [0.25, 0.3) is 5.56 Å². The van der Waals surface area contributed by atoms with Crippen LogP contribution in [0.3, 0.4) is 0 Å². The fourth-order valence-electron chi connectivity index (χ4n) is 2.94. The highest BCUT2D eigenvalue weighted by Crippen LogP contribution is 2.22. The third-order valence-electron chi connectivity index (χ3n) is 4.33. The van der Waals surface area contributed by atoms with Crippen molar-refractivity contribution in [1.29, 1.82) is 0 Å². The Balaban J connectivity index is 1.75. The summed E-state index contributed by atoms with van der Waals surface area (Å²) in [6.45, 7) is 0.272. The minimum Gasteiger partial charge on any atom is -0.399 e. The molecule has 8 heteroatoms. The minimum atomic E-state index is -3.77. The zero-order valence-corrected chi connectivity index (χ0v) is 15.5. The van der Waals surface area contributed by atoms with Gasteiger partial charge in [-0.15, -0.1) is 0 Å². The summed E-state index contributed by atoms with van der Waals surface area (Å²) >= 11 is 0. The number of anilines is 1. The molecule has 0 saturated carbocycles. The molecule has 0 fully saturated rings. The van der Waals surface area contributed by atoms with Gasteiger partial charge in [-0.3, -0.25) is 4.79 Å². The molecule has 0 spiro atoms. The summed E-state index contributed by atoms with van der Waals surface area (Å²) in [6.07, 6.45) is 2.91. The van der Waals surface area contributed by atoms with Crippen molar-refractivity contribution in [3.63, 3.8) is 0 Å². The van der Waals surface area contributed by atoms with E-state index in [9.17, 15) is 13.2 Å². The van der Waals surface area contributed by atoms with E-state index >= 15 is 0 Å². The molecule has 0 bridgehead atoms. The summed E-state index contributed by atoms with van der Waals surface area (Å²) in [5.74, 6) is 0. The molecular weight excluding hydrogens is 376 g/mol. The highest BCUT2D eigenvalue weighted by molar-refractivity contribution is 7.91. The molecule has 2 aromatic carbocycles. The first-order chi connectivity index (χ1) is 13.4. The second-order valence-electron chi connectivity index (χ2n) is 6.27. The predicted octanol–water partition coefficient (Wildman–Crippen LogP) is 2.25. The second kappa shape index (κ2) is 6.90. The number of fused-ring (bicyclic) bond motifs is 1. The molecule has 2 N–H and O–H groups in total. The van der Waals surface area contributed by atoms with E-state index in [-0.39, 0.29) is 22.0 Å². The summed E-state index contributed by atoms with van der Waals surface area (Å²) in [4.78, 5) is 16.7. The van der Waals surface area contributed by atoms with Gasteiger partial charge >= 0.3 is 0 Å². The van der Waals surface area contributed by atoms with Crippen LogP contribution in [-0.2, 0) is 16.4 Å². The van der Waals surface area contributed by atoms with E-state index in [0.29, 0.717) is 16.5 Å². The highest BCUT2D eigenvalue weighted by atomic mass is 32.2. The molecule has 0 aliphatic heterocycles. The van der Waals surface area contributed by atoms with Gasteiger partial charge in [0.05, 0.1) is 23.0 Å². The molecule has 7 nitrogen and oxygen atoms in total. The van der Waals surface area contributed by atoms with Crippen LogP contribution in [0.5, 0.6) is 0 Å². The molecule has 0 atom stereocenters. The van der Waals surface area contributed by atoms with Crippen LogP contribution < -0.4 is 11.3 Å². The molecule has 4 rings (SSSR count). The minimum absolute atomic E-state index is 0.0442. The number of hydrogen-bond acceptors (Lipinski definition) is 6. The van der Waals surface area contributed by atoms with Crippen LogP contribution in [0, 0.1) is 0 Å². The Morgan fingerprint density at radius 1 is 1.00 bits per heavy atom. The van der Waals surface area contributed by atoms with Crippen molar-refractivity contribution in [2.45, 2.75) is 16.5 Å². The largest absolute Gasteiger partial charge is 0.399 e. The van der Waals surface area contributed by atoms with Crippen LogP contribution in [0.2, 0.25) is 0 Å². The van der Waals surface area contributed by atoms with Gasteiger partial charge in [0.1, 0.15) is 0 Å².